The van der Waals surface area contributed by atoms with E-state index in [0.717, 1.165) is 11.3 Å². The number of ether oxygens (including phenoxy) is 1. The van der Waals surface area contributed by atoms with Crippen LogP contribution >= 0.6 is 0 Å². The molecule has 0 unspecified atom stereocenters. The first-order valence-corrected chi connectivity index (χ1v) is 9.68. The number of nitrogens with zero attached hydrogens (tertiary/aromatic N) is 5. The minimum atomic E-state index is -0.397. The number of hydrazine groups is 1. The molecule has 1 aliphatic heterocycles. The van der Waals surface area contributed by atoms with Gasteiger partial charge in [-0.25, -0.2) is 9.99 Å². The largest absolute Gasteiger partial charge is 0.379 e. The van der Waals surface area contributed by atoms with Crippen LogP contribution in [0.5, 0.6) is 0 Å². The lowest BCUT2D eigenvalue weighted by Gasteiger charge is -2.37. The van der Waals surface area contributed by atoms with E-state index < -0.39 is 4.92 Å². The summed E-state index contributed by atoms with van der Waals surface area (Å²) >= 11 is 0. The average molecular weight is 406 g/mol. The van der Waals surface area contributed by atoms with Gasteiger partial charge < -0.3 is 10.1 Å². The minimum Gasteiger partial charge on any atom is -0.379 e. The van der Waals surface area contributed by atoms with Gasteiger partial charge in [-0.05, 0) is 35.9 Å². The van der Waals surface area contributed by atoms with Gasteiger partial charge in [-0.1, -0.05) is 18.2 Å². The molecule has 2 aromatic heterocycles. The molecule has 30 heavy (non-hydrogen) atoms. The Balaban J connectivity index is 1.71. The predicted molar refractivity (Wildman–Crippen MR) is 113 cm³/mol. The maximum absolute atomic E-state index is 11.8. The Morgan fingerprint density at radius 1 is 1.07 bits per heavy atom. The summed E-state index contributed by atoms with van der Waals surface area (Å²) in [5, 5.41) is 18.9. The maximum Gasteiger partial charge on any atom is 0.313 e. The summed E-state index contributed by atoms with van der Waals surface area (Å²) in [6.07, 6.45) is 3.45. The number of nitrogens with one attached hydrogen (secondary N) is 1. The monoisotopic (exact) mass is 406 g/mol. The van der Waals surface area contributed by atoms with Crippen LogP contribution in [-0.2, 0) is 11.3 Å². The molecule has 1 saturated heterocycles. The lowest BCUT2D eigenvalue weighted by Crippen LogP contribution is -2.47. The quantitative estimate of drug-likeness (QED) is 0.471. The Labute approximate surface area is 174 Å². The van der Waals surface area contributed by atoms with Crippen molar-refractivity contribution in [2.45, 2.75) is 6.54 Å². The van der Waals surface area contributed by atoms with Crippen molar-refractivity contribution >= 4 is 23.0 Å². The molecule has 0 aliphatic carbocycles. The third-order valence-electron chi connectivity index (χ3n) is 4.75. The fraction of sp³-hybridized carbons (Fsp3) is 0.238. The van der Waals surface area contributed by atoms with Crippen molar-refractivity contribution < 1.29 is 9.66 Å². The Bertz CT molecular complexity index is 981. The number of anilines is 3. The van der Waals surface area contributed by atoms with Crippen molar-refractivity contribution in [2.24, 2.45) is 0 Å². The molecule has 1 aliphatic rings. The van der Waals surface area contributed by atoms with E-state index in [9.17, 15) is 10.1 Å². The summed E-state index contributed by atoms with van der Waals surface area (Å²) in [5.74, 6) is 0.828. The third kappa shape index (κ3) is 4.53. The van der Waals surface area contributed by atoms with E-state index in [1.54, 1.807) is 18.5 Å². The van der Waals surface area contributed by atoms with E-state index in [0.29, 0.717) is 38.7 Å². The summed E-state index contributed by atoms with van der Waals surface area (Å²) in [4.78, 5) is 20.1. The van der Waals surface area contributed by atoms with E-state index in [-0.39, 0.29) is 11.5 Å². The summed E-state index contributed by atoms with van der Waals surface area (Å²) in [6.45, 7) is 2.87. The number of nitro groups is 1. The zero-order chi connectivity index (χ0) is 20.8. The number of hydrogen-bond donors (Lipinski definition) is 1. The first kappa shape index (κ1) is 19.7. The standard InChI is InChI=1S/C21H22N6O3/c28-27(29)19-6-7-20(23-16-17-8-10-22-11-9-17)24-21(19)26(18-4-2-1-3-5-18)25-12-14-30-15-13-25/h1-11H,12-16H2,(H,23,24). The summed E-state index contributed by atoms with van der Waals surface area (Å²) < 4.78 is 5.47. The molecule has 154 valence electrons. The van der Waals surface area contributed by atoms with Crippen molar-refractivity contribution in [3.8, 4) is 0 Å². The average Bonchev–Trinajstić information content (AvgIpc) is 2.80. The third-order valence-corrected chi connectivity index (χ3v) is 4.75. The Kier molecular flexibility index (Phi) is 6.11. The van der Waals surface area contributed by atoms with Gasteiger partial charge in [0, 0.05) is 38.1 Å². The van der Waals surface area contributed by atoms with Crippen molar-refractivity contribution in [3.05, 3.63) is 82.7 Å². The van der Waals surface area contributed by atoms with Crippen molar-refractivity contribution in [3.63, 3.8) is 0 Å². The molecule has 1 fully saturated rings. The van der Waals surface area contributed by atoms with E-state index in [2.05, 4.69) is 15.3 Å². The first-order chi connectivity index (χ1) is 14.7. The van der Waals surface area contributed by atoms with Crippen LogP contribution in [0.15, 0.2) is 67.0 Å². The summed E-state index contributed by atoms with van der Waals surface area (Å²) in [7, 11) is 0. The maximum atomic E-state index is 11.8. The highest BCUT2D eigenvalue weighted by Gasteiger charge is 2.29. The number of rotatable bonds is 7. The second kappa shape index (κ2) is 9.29. The van der Waals surface area contributed by atoms with Crippen LogP contribution in [0, 0.1) is 10.1 Å². The lowest BCUT2D eigenvalue weighted by molar-refractivity contribution is -0.384. The molecule has 3 aromatic rings. The van der Waals surface area contributed by atoms with Gasteiger partial charge in [0.05, 0.1) is 23.8 Å². The van der Waals surface area contributed by atoms with Crippen LogP contribution < -0.4 is 10.3 Å². The number of hydrogen-bond acceptors (Lipinski definition) is 8. The highest BCUT2D eigenvalue weighted by atomic mass is 16.6. The van der Waals surface area contributed by atoms with Crippen LogP contribution in [0.4, 0.5) is 23.0 Å². The molecule has 0 radical (unpaired) electrons. The number of para-hydroxylation sites is 1. The molecule has 0 amide bonds. The van der Waals surface area contributed by atoms with Gasteiger partial charge in [-0.3, -0.25) is 20.1 Å². The minimum absolute atomic E-state index is 0.0557. The molecule has 3 heterocycles. The van der Waals surface area contributed by atoms with E-state index >= 15 is 0 Å². The highest BCUT2D eigenvalue weighted by molar-refractivity contribution is 5.69. The van der Waals surface area contributed by atoms with Crippen LogP contribution in [0.25, 0.3) is 0 Å². The Morgan fingerprint density at radius 3 is 2.50 bits per heavy atom. The van der Waals surface area contributed by atoms with Crippen LogP contribution in [0.1, 0.15) is 5.56 Å². The Hall–Kier alpha value is -3.56. The van der Waals surface area contributed by atoms with Crippen LogP contribution in [0.3, 0.4) is 0 Å². The normalized spacial score (nSPS) is 14.3. The van der Waals surface area contributed by atoms with Gasteiger partial charge in [0.25, 0.3) is 0 Å². The first-order valence-electron chi connectivity index (χ1n) is 9.68. The molecule has 0 atom stereocenters. The number of morpholine rings is 1. The van der Waals surface area contributed by atoms with Crippen molar-refractivity contribution in [1.82, 2.24) is 15.0 Å². The highest BCUT2D eigenvalue weighted by Crippen LogP contribution is 2.34. The van der Waals surface area contributed by atoms with Gasteiger partial charge in [-0.2, -0.15) is 0 Å². The molecular formula is C21H22N6O3. The van der Waals surface area contributed by atoms with Gasteiger partial charge in [0.1, 0.15) is 5.82 Å². The number of aromatic nitrogens is 2. The second-order valence-electron chi connectivity index (χ2n) is 6.72. The van der Waals surface area contributed by atoms with Gasteiger partial charge in [-0.15, -0.1) is 0 Å². The molecule has 0 spiro atoms. The SMILES string of the molecule is O=[N+]([O-])c1ccc(NCc2ccncc2)nc1N(c1ccccc1)N1CCOCC1. The second-order valence-corrected chi connectivity index (χ2v) is 6.72. The lowest BCUT2D eigenvalue weighted by atomic mass is 10.2. The van der Waals surface area contributed by atoms with Crippen molar-refractivity contribution in [2.75, 3.05) is 36.6 Å². The molecule has 4 rings (SSSR count). The van der Waals surface area contributed by atoms with E-state index in [1.807, 2.05) is 52.5 Å². The summed E-state index contributed by atoms with van der Waals surface area (Å²) in [6, 6.07) is 16.5. The number of pyridine rings is 2. The summed E-state index contributed by atoms with van der Waals surface area (Å²) in [5.41, 5.74) is 1.79. The van der Waals surface area contributed by atoms with Crippen molar-refractivity contribution in [1.29, 1.82) is 0 Å². The fourth-order valence-electron chi connectivity index (χ4n) is 3.27. The molecular weight excluding hydrogens is 384 g/mol. The molecule has 0 saturated carbocycles. The van der Waals surface area contributed by atoms with Gasteiger partial charge in [0.15, 0.2) is 0 Å². The molecule has 0 bridgehead atoms. The predicted octanol–water partition coefficient (Wildman–Crippen LogP) is 3.38. The van der Waals surface area contributed by atoms with Crippen LogP contribution in [0.2, 0.25) is 0 Å². The zero-order valence-electron chi connectivity index (χ0n) is 16.3. The topological polar surface area (TPSA) is 96.7 Å². The smallest absolute Gasteiger partial charge is 0.313 e. The van der Waals surface area contributed by atoms with Crippen LogP contribution in [-0.4, -0.2) is 46.2 Å². The van der Waals surface area contributed by atoms with E-state index in [4.69, 9.17) is 4.74 Å². The molecule has 1 N–H and O–H groups in total. The Morgan fingerprint density at radius 2 is 1.80 bits per heavy atom. The molecule has 9 nitrogen and oxygen atoms in total. The van der Waals surface area contributed by atoms with E-state index in [1.165, 1.54) is 6.07 Å². The van der Waals surface area contributed by atoms with Gasteiger partial charge in [0.2, 0.25) is 5.82 Å². The number of benzene rings is 1. The zero-order valence-corrected chi connectivity index (χ0v) is 16.3. The fourth-order valence-corrected chi connectivity index (χ4v) is 3.27. The molecule has 9 heteroatoms. The van der Waals surface area contributed by atoms with Gasteiger partial charge >= 0.3 is 5.69 Å². The molecule has 1 aromatic carbocycles.